The molecule has 1 aliphatic rings. The van der Waals surface area contributed by atoms with E-state index in [9.17, 15) is 0 Å². The third-order valence-corrected chi connectivity index (χ3v) is 4.37. The minimum absolute atomic E-state index is 0.480. The Balaban J connectivity index is 1.94. The van der Waals surface area contributed by atoms with E-state index in [0.29, 0.717) is 6.04 Å². The summed E-state index contributed by atoms with van der Waals surface area (Å²) in [7, 11) is 0. The number of rotatable bonds is 4. The Labute approximate surface area is 127 Å². The van der Waals surface area contributed by atoms with Crippen molar-refractivity contribution in [2.24, 2.45) is 5.92 Å². The fourth-order valence-electron chi connectivity index (χ4n) is 2.97. The number of nitrogens with one attached hydrogen (secondary N) is 1. The molecule has 2 aromatic heterocycles. The summed E-state index contributed by atoms with van der Waals surface area (Å²) in [6.45, 7) is 9.84. The van der Waals surface area contributed by atoms with Crippen LogP contribution in [0.25, 0.3) is 5.65 Å². The Kier molecular flexibility index (Phi) is 4.15. The van der Waals surface area contributed by atoms with Gasteiger partial charge in [0.1, 0.15) is 5.65 Å². The van der Waals surface area contributed by atoms with E-state index >= 15 is 0 Å². The summed E-state index contributed by atoms with van der Waals surface area (Å²) >= 11 is 0. The summed E-state index contributed by atoms with van der Waals surface area (Å²) in [5.41, 5.74) is 2.33. The van der Waals surface area contributed by atoms with Crippen LogP contribution in [-0.2, 0) is 6.54 Å². The van der Waals surface area contributed by atoms with Crippen LogP contribution in [0.5, 0.6) is 0 Å². The maximum atomic E-state index is 4.89. The van der Waals surface area contributed by atoms with E-state index in [4.69, 9.17) is 4.98 Å². The van der Waals surface area contributed by atoms with Gasteiger partial charge in [-0.3, -0.25) is 0 Å². The summed E-state index contributed by atoms with van der Waals surface area (Å²) in [4.78, 5) is 7.35. The highest BCUT2D eigenvalue weighted by Crippen LogP contribution is 2.26. The van der Waals surface area contributed by atoms with Crippen LogP contribution in [0.4, 0.5) is 5.82 Å². The van der Waals surface area contributed by atoms with Gasteiger partial charge in [0.25, 0.3) is 0 Å². The molecular weight excluding hydrogens is 260 g/mol. The predicted octanol–water partition coefficient (Wildman–Crippen LogP) is 3.07. The Bertz CT molecular complexity index is 594. The summed E-state index contributed by atoms with van der Waals surface area (Å²) < 4.78 is 2.22. The quantitative estimate of drug-likeness (QED) is 0.937. The van der Waals surface area contributed by atoms with E-state index in [1.54, 1.807) is 0 Å². The molecule has 114 valence electrons. The lowest BCUT2D eigenvalue weighted by molar-refractivity contribution is 0.435. The lowest BCUT2D eigenvalue weighted by Crippen LogP contribution is -2.34. The van der Waals surface area contributed by atoms with Gasteiger partial charge in [0.05, 0.1) is 5.69 Å². The fourth-order valence-corrected chi connectivity index (χ4v) is 2.97. The molecule has 3 rings (SSSR count). The number of pyridine rings is 1. The third kappa shape index (κ3) is 3.05. The number of fused-ring (bicyclic) bond motifs is 1. The molecule has 1 saturated heterocycles. The molecule has 0 saturated carbocycles. The second-order valence-electron chi connectivity index (χ2n) is 6.52. The fraction of sp³-hybridized carbons (Fsp3) is 0.588. The maximum absolute atomic E-state index is 4.89. The average molecular weight is 286 g/mol. The van der Waals surface area contributed by atoms with Crippen molar-refractivity contribution >= 4 is 11.5 Å². The molecule has 0 radical (unpaired) electrons. The van der Waals surface area contributed by atoms with E-state index in [1.165, 1.54) is 24.4 Å². The molecular formula is C17H26N4. The Morgan fingerprint density at radius 1 is 1.29 bits per heavy atom. The van der Waals surface area contributed by atoms with Gasteiger partial charge in [-0.1, -0.05) is 26.8 Å². The van der Waals surface area contributed by atoms with Gasteiger partial charge in [-0.25, -0.2) is 4.98 Å². The van der Waals surface area contributed by atoms with Crippen molar-refractivity contribution < 1.29 is 0 Å². The van der Waals surface area contributed by atoms with E-state index < -0.39 is 0 Å². The molecule has 0 amide bonds. The molecule has 0 aliphatic carbocycles. The molecule has 0 spiro atoms. The van der Waals surface area contributed by atoms with Gasteiger partial charge in [0.2, 0.25) is 0 Å². The Morgan fingerprint density at radius 2 is 2.05 bits per heavy atom. The van der Waals surface area contributed by atoms with Crippen molar-refractivity contribution in [3.8, 4) is 0 Å². The van der Waals surface area contributed by atoms with Crippen LogP contribution in [-0.4, -0.2) is 28.5 Å². The van der Waals surface area contributed by atoms with Crippen LogP contribution < -0.4 is 10.2 Å². The molecule has 1 fully saturated rings. The monoisotopic (exact) mass is 286 g/mol. The predicted molar refractivity (Wildman–Crippen MR) is 87.8 cm³/mol. The van der Waals surface area contributed by atoms with Gasteiger partial charge in [-0.05, 0) is 30.9 Å². The lowest BCUT2D eigenvalue weighted by Gasteiger charge is -2.31. The maximum Gasteiger partial charge on any atom is 0.152 e. The lowest BCUT2D eigenvalue weighted by atomic mass is 9.99. The van der Waals surface area contributed by atoms with Gasteiger partial charge in [-0.15, -0.1) is 0 Å². The van der Waals surface area contributed by atoms with E-state index in [2.05, 4.69) is 59.8 Å². The van der Waals surface area contributed by atoms with Gasteiger partial charge in [0, 0.05) is 31.9 Å². The SMILES string of the molecule is CC1CCN(c2nc3ccccn3c2CNC(C)C)CC1. The van der Waals surface area contributed by atoms with Crippen LogP contribution in [0.3, 0.4) is 0 Å². The standard InChI is InChI=1S/C17H26N4/c1-13(2)18-12-15-17(20-10-7-14(3)8-11-20)19-16-6-4-5-9-21(15)16/h4-6,9,13-14,18H,7-8,10-12H2,1-3H3. The highest BCUT2D eigenvalue weighted by Gasteiger charge is 2.22. The molecule has 0 unspecified atom stereocenters. The molecule has 0 aromatic carbocycles. The van der Waals surface area contributed by atoms with Crippen LogP contribution in [0.1, 0.15) is 39.3 Å². The summed E-state index contributed by atoms with van der Waals surface area (Å²) in [6.07, 6.45) is 4.66. The smallest absolute Gasteiger partial charge is 0.152 e. The summed E-state index contributed by atoms with van der Waals surface area (Å²) in [6, 6.07) is 6.71. The molecule has 21 heavy (non-hydrogen) atoms. The van der Waals surface area contributed by atoms with Gasteiger partial charge >= 0.3 is 0 Å². The van der Waals surface area contributed by atoms with Gasteiger partial charge < -0.3 is 14.6 Å². The molecule has 1 N–H and O–H groups in total. The van der Waals surface area contributed by atoms with Gasteiger partial charge in [-0.2, -0.15) is 0 Å². The second-order valence-corrected chi connectivity index (χ2v) is 6.52. The number of imidazole rings is 1. The summed E-state index contributed by atoms with van der Waals surface area (Å²) in [5.74, 6) is 2.01. The van der Waals surface area contributed by atoms with Crippen molar-refractivity contribution in [3.63, 3.8) is 0 Å². The first-order chi connectivity index (χ1) is 10.1. The first-order valence-corrected chi connectivity index (χ1v) is 8.09. The van der Waals surface area contributed by atoms with Crippen LogP contribution in [0.15, 0.2) is 24.4 Å². The number of piperidine rings is 1. The van der Waals surface area contributed by atoms with Gasteiger partial charge in [0.15, 0.2) is 5.82 Å². The first-order valence-electron chi connectivity index (χ1n) is 8.09. The first kappa shape index (κ1) is 14.4. The van der Waals surface area contributed by atoms with E-state index in [0.717, 1.165) is 31.2 Å². The number of aromatic nitrogens is 2. The highest BCUT2D eigenvalue weighted by atomic mass is 15.2. The van der Waals surface area contributed by atoms with Crippen molar-refractivity contribution in [2.75, 3.05) is 18.0 Å². The molecule has 0 atom stereocenters. The van der Waals surface area contributed by atoms with Crippen molar-refractivity contribution in [1.82, 2.24) is 14.7 Å². The van der Waals surface area contributed by atoms with Crippen molar-refractivity contribution in [1.29, 1.82) is 0 Å². The van der Waals surface area contributed by atoms with E-state index in [1.807, 2.05) is 0 Å². The number of hydrogen-bond donors (Lipinski definition) is 1. The Morgan fingerprint density at radius 3 is 2.76 bits per heavy atom. The number of hydrogen-bond acceptors (Lipinski definition) is 3. The molecule has 3 heterocycles. The van der Waals surface area contributed by atoms with Crippen LogP contribution in [0, 0.1) is 5.92 Å². The molecule has 0 bridgehead atoms. The zero-order valence-electron chi connectivity index (χ0n) is 13.3. The molecule has 1 aliphatic heterocycles. The Hall–Kier alpha value is -1.55. The molecule has 4 nitrogen and oxygen atoms in total. The summed E-state index contributed by atoms with van der Waals surface area (Å²) in [5, 5.41) is 3.54. The highest BCUT2D eigenvalue weighted by molar-refractivity contribution is 5.56. The second kappa shape index (κ2) is 6.06. The topological polar surface area (TPSA) is 32.6 Å². The van der Waals surface area contributed by atoms with Crippen LogP contribution in [0.2, 0.25) is 0 Å². The minimum Gasteiger partial charge on any atom is -0.355 e. The number of anilines is 1. The zero-order chi connectivity index (χ0) is 14.8. The molecule has 2 aromatic rings. The van der Waals surface area contributed by atoms with Crippen molar-refractivity contribution in [3.05, 3.63) is 30.1 Å². The number of nitrogens with zero attached hydrogens (tertiary/aromatic N) is 3. The third-order valence-electron chi connectivity index (χ3n) is 4.37. The molecule has 4 heteroatoms. The minimum atomic E-state index is 0.480. The van der Waals surface area contributed by atoms with E-state index in [-0.39, 0.29) is 0 Å². The van der Waals surface area contributed by atoms with Crippen molar-refractivity contribution in [2.45, 2.75) is 46.2 Å². The largest absolute Gasteiger partial charge is 0.355 e. The van der Waals surface area contributed by atoms with Crippen LogP contribution >= 0.6 is 0 Å². The average Bonchev–Trinajstić information content (AvgIpc) is 2.84. The normalized spacial score (nSPS) is 17.0. The zero-order valence-corrected chi connectivity index (χ0v) is 13.3.